The van der Waals surface area contributed by atoms with E-state index in [1.807, 2.05) is 0 Å². The first kappa shape index (κ1) is 12.3. The Morgan fingerprint density at radius 2 is 2.29 bits per heavy atom. The molecule has 2 rings (SSSR count). The number of rotatable bonds is 5. The quantitative estimate of drug-likeness (QED) is 0.621. The maximum absolute atomic E-state index is 5.99. The SMILES string of the molecule is COc1c(OCCCCl)cn2ncnc(Cl)c12. The van der Waals surface area contributed by atoms with Crippen molar-refractivity contribution in [3.05, 3.63) is 17.7 Å². The molecule has 2 heterocycles. The number of nitrogens with zero attached hydrogens (tertiary/aromatic N) is 3. The lowest BCUT2D eigenvalue weighted by molar-refractivity contribution is 0.298. The first-order valence-electron chi connectivity index (χ1n) is 5.02. The predicted octanol–water partition coefficient (Wildman–Crippen LogP) is 2.40. The number of methoxy groups -OCH3 is 1. The molecule has 0 amide bonds. The van der Waals surface area contributed by atoms with Gasteiger partial charge in [-0.2, -0.15) is 5.10 Å². The van der Waals surface area contributed by atoms with Gasteiger partial charge in [0.05, 0.1) is 19.9 Å². The molecule has 0 aliphatic carbocycles. The Hall–Kier alpha value is -1.20. The second kappa shape index (κ2) is 5.42. The molecule has 0 spiro atoms. The molecule has 0 fully saturated rings. The third-order valence-electron chi connectivity index (χ3n) is 2.19. The summed E-state index contributed by atoms with van der Waals surface area (Å²) in [7, 11) is 1.55. The second-order valence-electron chi connectivity index (χ2n) is 3.26. The number of alkyl halides is 1. The van der Waals surface area contributed by atoms with Gasteiger partial charge in [-0.15, -0.1) is 11.6 Å². The van der Waals surface area contributed by atoms with Gasteiger partial charge in [0.1, 0.15) is 11.8 Å². The van der Waals surface area contributed by atoms with Crippen LogP contribution in [0.2, 0.25) is 5.15 Å². The number of aromatic nitrogens is 3. The van der Waals surface area contributed by atoms with E-state index in [1.54, 1.807) is 17.8 Å². The van der Waals surface area contributed by atoms with Crippen LogP contribution in [0.15, 0.2) is 12.5 Å². The molecule has 0 atom stereocenters. The lowest BCUT2D eigenvalue weighted by Gasteiger charge is -2.05. The third-order valence-corrected chi connectivity index (χ3v) is 2.73. The van der Waals surface area contributed by atoms with Crippen molar-refractivity contribution in [2.45, 2.75) is 6.42 Å². The lowest BCUT2D eigenvalue weighted by Crippen LogP contribution is -1.98. The van der Waals surface area contributed by atoms with Crippen molar-refractivity contribution in [2.75, 3.05) is 19.6 Å². The first-order chi connectivity index (χ1) is 8.27. The van der Waals surface area contributed by atoms with Gasteiger partial charge in [-0.05, 0) is 6.42 Å². The van der Waals surface area contributed by atoms with Crippen molar-refractivity contribution < 1.29 is 9.47 Å². The van der Waals surface area contributed by atoms with Crippen LogP contribution < -0.4 is 9.47 Å². The molecule has 0 saturated heterocycles. The Morgan fingerprint density at radius 3 is 3.00 bits per heavy atom. The summed E-state index contributed by atoms with van der Waals surface area (Å²) in [6.07, 6.45) is 3.84. The normalized spacial score (nSPS) is 10.8. The standard InChI is InChI=1S/C10H11Cl2N3O2/c1-16-9-7(17-4-2-3-11)5-15-8(9)10(12)13-6-14-15/h5-6H,2-4H2,1H3. The highest BCUT2D eigenvalue weighted by molar-refractivity contribution is 6.33. The van der Waals surface area contributed by atoms with Crippen molar-refractivity contribution in [1.29, 1.82) is 0 Å². The van der Waals surface area contributed by atoms with Gasteiger partial charge in [-0.3, -0.25) is 0 Å². The molecule has 0 aliphatic rings. The van der Waals surface area contributed by atoms with Crippen LogP contribution in [0.3, 0.4) is 0 Å². The summed E-state index contributed by atoms with van der Waals surface area (Å²) in [4.78, 5) is 3.90. The molecular weight excluding hydrogens is 265 g/mol. The number of ether oxygens (including phenoxy) is 2. The minimum atomic E-state index is 0.323. The molecule has 7 heteroatoms. The van der Waals surface area contributed by atoms with Gasteiger partial charge in [-0.25, -0.2) is 9.50 Å². The summed E-state index contributed by atoms with van der Waals surface area (Å²) in [5.74, 6) is 1.67. The van der Waals surface area contributed by atoms with E-state index in [0.717, 1.165) is 6.42 Å². The van der Waals surface area contributed by atoms with E-state index in [2.05, 4.69) is 10.1 Å². The summed E-state index contributed by atoms with van der Waals surface area (Å²) in [6.45, 7) is 0.516. The Labute approximate surface area is 108 Å². The minimum Gasteiger partial charge on any atom is -0.491 e. The van der Waals surface area contributed by atoms with Crippen LogP contribution in [0.4, 0.5) is 0 Å². The predicted molar refractivity (Wildman–Crippen MR) is 65.4 cm³/mol. The maximum atomic E-state index is 5.99. The number of fused-ring (bicyclic) bond motifs is 1. The van der Waals surface area contributed by atoms with Gasteiger partial charge in [0.25, 0.3) is 0 Å². The van der Waals surface area contributed by atoms with Crippen molar-refractivity contribution >= 4 is 28.7 Å². The molecule has 0 aromatic carbocycles. The first-order valence-corrected chi connectivity index (χ1v) is 5.93. The molecule has 5 nitrogen and oxygen atoms in total. The smallest absolute Gasteiger partial charge is 0.191 e. The molecule has 0 saturated carbocycles. The average Bonchev–Trinajstić information content (AvgIpc) is 2.68. The summed E-state index contributed by atoms with van der Waals surface area (Å²) in [5, 5.41) is 4.36. The van der Waals surface area contributed by atoms with Crippen LogP contribution >= 0.6 is 23.2 Å². The lowest BCUT2D eigenvalue weighted by atomic mass is 10.4. The summed E-state index contributed by atoms with van der Waals surface area (Å²) in [6, 6.07) is 0. The van der Waals surface area contributed by atoms with E-state index in [9.17, 15) is 0 Å². The molecule has 0 aliphatic heterocycles. The number of hydrogen-bond donors (Lipinski definition) is 0. The van der Waals surface area contributed by atoms with E-state index in [0.29, 0.717) is 34.7 Å². The van der Waals surface area contributed by atoms with Crippen molar-refractivity contribution in [3.63, 3.8) is 0 Å². The molecule has 0 radical (unpaired) electrons. The number of hydrogen-bond acceptors (Lipinski definition) is 4. The molecule has 92 valence electrons. The van der Waals surface area contributed by atoms with Gasteiger partial charge in [0.2, 0.25) is 0 Å². The van der Waals surface area contributed by atoms with Gasteiger partial charge < -0.3 is 9.47 Å². The molecular formula is C10H11Cl2N3O2. The van der Waals surface area contributed by atoms with Crippen LogP contribution in [-0.4, -0.2) is 34.2 Å². The highest BCUT2D eigenvalue weighted by Crippen LogP contribution is 2.36. The minimum absolute atomic E-state index is 0.323. The summed E-state index contributed by atoms with van der Waals surface area (Å²) in [5.41, 5.74) is 0.595. The van der Waals surface area contributed by atoms with Crippen LogP contribution in [0, 0.1) is 0 Å². The van der Waals surface area contributed by atoms with E-state index in [-0.39, 0.29) is 0 Å². The van der Waals surface area contributed by atoms with Crippen molar-refractivity contribution in [1.82, 2.24) is 14.6 Å². The Balaban J connectivity index is 2.38. The van der Waals surface area contributed by atoms with E-state index in [4.69, 9.17) is 32.7 Å². The second-order valence-corrected chi connectivity index (χ2v) is 4.00. The Morgan fingerprint density at radius 1 is 1.47 bits per heavy atom. The third kappa shape index (κ3) is 2.40. The maximum Gasteiger partial charge on any atom is 0.191 e. The molecule has 0 bridgehead atoms. The fourth-order valence-corrected chi connectivity index (χ4v) is 1.79. The largest absolute Gasteiger partial charge is 0.491 e. The zero-order chi connectivity index (χ0) is 12.3. The van der Waals surface area contributed by atoms with Gasteiger partial charge in [0.15, 0.2) is 16.7 Å². The van der Waals surface area contributed by atoms with Gasteiger partial charge >= 0.3 is 0 Å². The summed E-state index contributed by atoms with van der Waals surface area (Å²) < 4.78 is 12.4. The van der Waals surface area contributed by atoms with Crippen LogP contribution in [0.25, 0.3) is 5.52 Å². The average molecular weight is 276 g/mol. The highest BCUT2D eigenvalue weighted by Gasteiger charge is 2.16. The van der Waals surface area contributed by atoms with Crippen molar-refractivity contribution in [3.8, 4) is 11.5 Å². The van der Waals surface area contributed by atoms with Crippen LogP contribution in [-0.2, 0) is 0 Å². The van der Waals surface area contributed by atoms with Crippen LogP contribution in [0.1, 0.15) is 6.42 Å². The van der Waals surface area contributed by atoms with Crippen molar-refractivity contribution in [2.24, 2.45) is 0 Å². The fourth-order valence-electron chi connectivity index (χ4n) is 1.46. The molecule has 2 aromatic heterocycles. The summed E-state index contributed by atoms with van der Waals surface area (Å²) >= 11 is 11.6. The molecule has 17 heavy (non-hydrogen) atoms. The zero-order valence-corrected chi connectivity index (χ0v) is 10.7. The van der Waals surface area contributed by atoms with E-state index >= 15 is 0 Å². The van der Waals surface area contributed by atoms with Crippen LogP contribution in [0.5, 0.6) is 11.5 Å². The molecule has 0 unspecified atom stereocenters. The Kier molecular flexibility index (Phi) is 3.91. The zero-order valence-electron chi connectivity index (χ0n) is 9.19. The van der Waals surface area contributed by atoms with E-state index in [1.165, 1.54) is 6.33 Å². The van der Waals surface area contributed by atoms with E-state index < -0.39 is 0 Å². The Bertz CT molecular complexity index is 515. The van der Waals surface area contributed by atoms with Gasteiger partial charge in [0, 0.05) is 5.88 Å². The fraction of sp³-hybridized carbons (Fsp3) is 0.400. The monoisotopic (exact) mass is 275 g/mol. The van der Waals surface area contributed by atoms with Gasteiger partial charge in [-0.1, -0.05) is 11.6 Å². The topological polar surface area (TPSA) is 48.7 Å². The number of halogens is 2. The highest BCUT2D eigenvalue weighted by atomic mass is 35.5. The molecule has 2 aromatic rings. The molecule has 0 N–H and O–H groups in total.